The van der Waals surface area contributed by atoms with Gasteiger partial charge in [0, 0.05) is 25.5 Å². The Bertz CT molecular complexity index is 926. The van der Waals surface area contributed by atoms with Gasteiger partial charge >= 0.3 is 0 Å². The van der Waals surface area contributed by atoms with Crippen LogP contribution in [0.15, 0.2) is 54.9 Å². The summed E-state index contributed by atoms with van der Waals surface area (Å²) in [5.74, 6) is 0.566. The maximum Gasteiger partial charge on any atom is 0.252 e. The first-order valence-electron chi connectivity index (χ1n) is 10.2. The topological polar surface area (TPSA) is 49.6 Å². The highest BCUT2D eigenvalue weighted by Crippen LogP contribution is 2.17. The molecular formula is C23H28N4O. The monoisotopic (exact) mass is 376 g/mol. The lowest BCUT2D eigenvalue weighted by molar-refractivity contribution is 0.0936. The number of aromatic nitrogens is 2. The average molecular weight is 377 g/mol. The Labute approximate surface area is 166 Å². The van der Waals surface area contributed by atoms with Gasteiger partial charge in [0.2, 0.25) is 0 Å². The van der Waals surface area contributed by atoms with Gasteiger partial charge in [-0.3, -0.25) is 4.79 Å². The second kappa shape index (κ2) is 8.57. The number of hydrogen-bond donors (Lipinski definition) is 1. The second-order valence-electron chi connectivity index (χ2n) is 7.80. The van der Waals surface area contributed by atoms with Gasteiger partial charge in [0.25, 0.3) is 5.91 Å². The van der Waals surface area contributed by atoms with Gasteiger partial charge in [0.15, 0.2) is 0 Å². The van der Waals surface area contributed by atoms with E-state index in [0.717, 1.165) is 56.8 Å². The molecule has 0 atom stereocenters. The molecular weight excluding hydrogens is 348 g/mol. The van der Waals surface area contributed by atoms with Gasteiger partial charge in [-0.1, -0.05) is 30.3 Å². The summed E-state index contributed by atoms with van der Waals surface area (Å²) >= 11 is 0. The predicted octanol–water partition coefficient (Wildman–Crippen LogP) is 3.33. The van der Waals surface area contributed by atoms with E-state index in [0.29, 0.717) is 11.5 Å². The molecule has 28 heavy (non-hydrogen) atoms. The highest BCUT2D eigenvalue weighted by atomic mass is 16.1. The highest BCUT2D eigenvalue weighted by Gasteiger charge is 2.20. The zero-order valence-electron chi connectivity index (χ0n) is 16.5. The summed E-state index contributed by atoms with van der Waals surface area (Å²) in [6.07, 6.45) is 7.20. The van der Waals surface area contributed by atoms with Crippen LogP contribution >= 0.6 is 0 Å². The predicted molar refractivity (Wildman–Crippen MR) is 112 cm³/mol. The van der Waals surface area contributed by atoms with Gasteiger partial charge in [-0.2, -0.15) is 0 Å². The molecule has 0 saturated carbocycles. The summed E-state index contributed by atoms with van der Waals surface area (Å²) in [5, 5.41) is 3.12. The van der Waals surface area contributed by atoms with Crippen molar-refractivity contribution in [3.8, 4) is 0 Å². The third-order valence-corrected chi connectivity index (χ3v) is 5.65. The van der Waals surface area contributed by atoms with Crippen LogP contribution in [0.2, 0.25) is 0 Å². The molecule has 0 unspecified atom stereocenters. The number of piperidine rings is 1. The molecule has 146 valence electrons. The molecule has 1 aromatic carbocycles. The molecule has 1 fully saturated rings. The van der Waals surface area contributed by atoms with Gasteiger partial charge in [-0.15, -0.1) is 0 Å². The SMILES string of the molecule is Cc1cn2cc(C(=O)NCC3CCN(CCc4ccccc4)CC3)ccc2n1. The fourth-order valence-electron chi connectivity index (χ4n) is 3.94. The first-order chi connectivity index (χ1) is 13.7. The van der Waals surface area contributed by atoms with E-state index in [-0.39, 0.29) is 5.91 Å². The molecule has 4 rings (SSSR count). The van der Waals surface area contributed by atoms with Gasteiger partial charge in [0.05, 0.1) is 11.3 Å². The molecule has 1 N–H and O–H groups in total. The third-order valence-electron chi connectivity index (χ3n) is 5.65. The van der Waals surface area contributed by atoms with Gasteiger partial charge in [-0.05, 0) is 62.9 Å². The summed E-state index contributed by atoms with van der Waals surface area (Å²) in [5.41, 5.74) is 3.92. The van der Waals surface area contributed by atoms with Gasteiger partial charge < -0.3 is 14.6 Å². The second-order valence-corrected chi connectivity index (χ2v) is 7.80. The Morgan fingerprint density at radius 3 is 2.68 bits per heavy atom. The first-order valence-corrected chi connectivity index (χ1v) is 10.2. The number of nitrogens with zero attached hydrogens (tertiary/aromatic N) is 3. The van der Waals surface area contributed by atoms with E-state index in [9.17, 15) is 4.79 Å². The van der Waals surface area contributed by atoms with Crippen LogP contribution in [-0.4, -0.2) is 46.4 Å². The van der Waals surface area contributed by atoms with Crippen molar-refractivity contribution in [1.82, 2.24) is 19.6 Å². The van der Waals surface area contributed by atoms with Crippen LogP contribution in [0, 0.1) is 12.8 Å². The maximum absolute atomic E-state index is 12.5. The molecule has 0 radical (unpaired) electrons. The van der Waals surface area contributed by atoms with E-state index in [1.54, 1.807) is 0 Å². The summed E-state index contributed by atoms with van der Waals surface area (Å²) in [6, 6.07) is 14.4. The minimum Gasteiger partial charge on any atom is -0.352 e. The van der Waals surface area contributed by atoms with Crippen LogP contribution < -0.4 is 5.32 Å². The fraction of sp³-hybridized carbons (Fsp3) is 0.391. The van der Waals surface area contributed by atoms with Crippen molar-refractivity contribution in [2.24, 2.45) is 5.92 Å². The molecule has 3 aromatic rings. The number of likely N-dealkylation sites (tertiary alicyclic amines) is 1. The van der Waals surface area contributed by atoms with E-state index in [4.69, 9.17) is 0 Å². The van der Waals surface area contributed by atoms with Crippen LogP contribution in [-0.2, 0) is 6.42 Å². The Hall–Kier alpha value is -2.66. The van der Waals surface area contributed by atoms with Crippen molar-refractivity contribution in [2.75, 3.05) is 26.2 Å². The van der Waals surface area contributed by atoms with Crippen LogP contribution in [0.4, 0.5) is 0 Å². The number of nitrogens with one attached hydrogen (secondary N) is 1. The average Bonchev–Trinajstić information content (AvgIpc) is 3.11. The van der Waals surface area contributed by atoms with Gasteiger partial charge in [-0.25, -0.2) is 4.98 Å². The molecule has 0 spiro atoms. The molecule has 2 aromatic heterocycles. The molecule has 5 heteroatoms. The number of carbonyl (C=O) groups excluding carboxylic acids is 1. The molecule has 3 heterocycles. The quantitative estimate of drug-likeness (QED) is 0.718. The molecule has 0 bridgehead atoms. The minimum atomic E-state index is -0.000222. The van der Waals surface area contributed by atoms with Gasteiger partial charge in [0.1, 0.15) is 5.65 Å². The molecule has 0 aliphatic carbocycles. The van der Waals surface area contributed by atoms with E-state index in [1.165, 1.54) is 5.56 Å². The summed E-state index contributed by atoms with van der Waals surface area (Å²) < 4.78 is 1.91. The molecule has 1 amide bonds. The number of hydrogen-bond acceptors (Lipinski definition) is 3. The van der Waals surface area contributed by atoms with E-state index in [1.807, 2.05) is 35.9 Å². The Balaban J connectivity index is 1.21. The highest BCUT2D eigenvalue weighted by molar-refractivity contribution is 5.94. The van der Waals surface area contributed by atoms with Crippen molar-refractivity contribution < 1.29 is 4.79 Å². The van der Waals surface area contributed by atoms with Crippen LogP contribution in [0.5, 0.6) is 0 Å². The number of imidazole rings is 1. The lowest BCUT2D eigenvalue weighted by Crippen LogP contribution is -2.39. The van der Waals surface area contributed by atoms with Crippen LogP contribution in [0.3, 0.4) is 0 Å². The number of amides is 1. The van der Waals surface area contributed by atoms with E-state index < -0.39 is 0 Å². The zero-order chi connectivity index (χ0) is 19.3. The summed E-state index contributed by atoms with van der Waals surface area (Å²) in [4.78, 5) is 19.4. The van der Waals surface area contributed by atoms with Crippen LogP contribution in [0.1, 0.15) is 34.5 Å². The molecule has 5 nitrogen and oxygen atoms in total. The number of rotatable bonds is 6. The van der Waals surface area contributed by atoms with Crippen molar-refractivity contribution >= 4 is 11.6 Å². The zero-order valence-corrected chi connectivity index (χ0v) is 16.5. The minimum absolute atomic E-state index is 0.000222. The molecule has 1 saturated heterocycles. The standard InChI is InChI=1S/C23H28N4O/c1-18-16-27-17-21(7-8-22(27)25-18)23(28)24-15-20-10-13-26(14-11-20)12-9-19-5-3-2-4-6-19/h2-8,16-17,20H,9-15H2,1H3,(H,24,28). The number of carbonyl (C=O) groups is 1. The Morgan fingerprint density at radius 2 is 1.89 bits per heavy atom. The Morgan fingerprint density at radius 1 is 1.11 bits per heavy atom. The fourth-order valence-corrected chi connectivity index (χ4v) is 3.94. The molecule has 1 aliphatic rings. The molecule has 1 aliphatic heterocycles. The number of aryl methyl sites for hydroxylation is 1. The third kappa shape index (κ3) is 4.60. The van der Waals surface area contributed by atoms with E-state index in [2.05, 4.69) is 45.5 Å². The maximum atomic E-state index is 12.5. The largest absolute Gasteiger partial charge is 0.352 e. The van der Waals surface area contributed by atoms with E-state index >= 15 is 0 Å². The lowest BCUT2D eigenvalue weighted by Gasteiger charge is -2.32. The van der Waals surface area contributed by atoms with Crippen molar-refractivity contribution in [3.05, 3.63) is 71.7 Å². The Kier molecular flexibility index (Phi) is 5.72. The smallest absolute Gasteiger partial charge is 0.252 e. The first kappa shape index (κ1) is 18.7. The van der Waals surface area contributed by atoms with Crippen LogP contribution in [0.25, 0.3) is 5.65 Å². The number of benzene rings is 1. The lowest BCUT2D eigenvalue weighted by atomic mass is 9.96. The number of fused-ring (bicyclic) bond motifs is 1. The van der Waals surface area contributed by atoms with Crippen molar-refractivity contribution in [1.29, 1.82) is 0 Å². The van der Waals surface area contributed by atoms with Crippen molar-refractivity contribution in [2.45, 2.75) is 26.2 Å². The number of pyridine rings is 1. The summed E-state index contributed by atoms with van der Waals surface area (Å²) in [7, 11) is 0. The summed E-state index contributed by atoms with van der Waals surface area (Å²) in [6.45, 7) is 6.07. The normalized spacial score (nSPS) is 15.8. The van der Waals surface area contributed by atoms with Crippen molar-refractivity contribution in [3.63, 3.8) is 0 Å².